The molecule has 0 unspecified atom stereocenters. The van der Waals surface area contributed by atoms with Gasteiger partial charge >= 0.3 is 0 Å². The van der Waals surface area contributed by atoms with E-state index in [9.17, 15) is 0 Å². The Bertz CT molecular complexity index is 413. The zero-order valence-corrected chi connectivity index (χ0v) is 10.9. The van der Waals surface area contributed by atoms with Gasteiger partial charge in [0.2, 0.25) is 0 Å². The van der Waals surface area contributed by atoms with Crippen LogP contribution in [0.4, 0.5) is 5.82 Å². The van der Waals surface area contributed by atoms with Crippen molar-refractivity contribution in [2.45, 2.75) is 44.6 Å². The maximum absolute atomic E-state index is 5.65. The molecule has 1 aromatic rings. The minimum atomic E-state index is 0.0911. The van der Waals surface area contributed by atoms with Crippen LogP contribution in [0.2, 0.25) is 0 Å². The molecule has 1 saturated carbocycles. The van der Waals surface area contributed by atoms with Gasteiger partial charge in [-0.25, -0.2) is 9.97 Å². The molecule has 0 aromatic carbocycles. The Hall–Kier alpha value is -1.23. The van der Waals surface area contributed by atoms with E-state index in [1.165, 1.54) is 19.3 Å². The van der Waals surface area contributed by atoms with Crippen LogP contribution in [-0.4, -0.2) is 20.5 Å². The summed E-state index contributed by atoms with van der Waals surface area (Å²) in [7, 11) is 0. The number of nitrogens with two attached hydrogens (primary N) is 1. The van der Waals surface area contributed by atoms with Crippen molar-refractivity contribution >= 4 is 23.0 Å². The molecule has 2 rings (SSSR count). The maximum atomic E-state index is 5.65. The summed E-state index contributed by atoms with van der Waals surface area (Å²) < 4.78 is 0. The highest BCUT2D eigenvalue weighted by Crippen LogP contribution is 2.31. The lowest BCUT2D eigenvalue weighted by molar-refractivity contribution is 0.348. The van der Waals surface area contributed by atoms with Crippen LogP contribution in [0, 0.1) is 0 Å². The average Bonchev–Trinajstić information content (AvgIpc) is 2.29. The highest BCUT2D eigenvalue weighted by Gasteiger charge is 2.28. The molecule has 0 atom stereocenters. The zero-order chi connectivity index (χ0) is 12.3. The predicted octanol–water partition coefficient (Wildman–Crippen LogP) is 2.25. The first-order chi connectivity index (χ1) is 8.11. The molecule has 0 bridgehead atoms. The Labute approximate surface area is 107 Å². The van der Waals surface area contributed by atoms with Gasteiger partial charge in [-0.15, -0.1) is 0 Å². The van der Waals surface area contributed by atoms with Crippen molar-refractivity contribution in [1.82, 2.24) is 9.97 Å². The molecular weight excluding hydrogens is 232 g/mol. The number of hydrogen-bond donors (Lipinski definition) is 2. The molecule has 5 heteroatoms. The van der Waals surface area contributed by atoms with Crippen molar-refractivity contribution in [3.05, 3.63) is 18.1 Å². The third-order valence-electron chi connectivity index (χ3n) is 3.31. The summed E-state index contributed by atoms with van der Waals surface area (Å²) in [6, 6.07) is 0. The van der Waals surface area contributed by atoms with Gasteiger partial charge in [-0.05, 0) is 19.8 Å². The second kappa shape index (κ2) is 4.96. The quantitative estimate of drug-likeness (QED) is 0.806. The first kappa shape index (κ1) is 12.2. The number of aromatic nitrogens is 2. The molecular formula is C12H18N4S. The number of anilines is 1. The molecule has 0 amide bonds. The second-order valence-corrected chi connectivity index (χ2v) is 5.30. The largest absolute Gasteiger partial charge is 0.388 e. The lowest BCUT2D eigenvalue weighted by Crippen LogP contribution is -2.38. The van der Waals surface area contributed by atoms with E-state index < -0.39 is 0 Å². The summed E-state index contributed by atoms with van der Waals surface area (Å²) in [4.78, 5) is 8.77. The average molecular weight is 250 g/mol. The van der Waals surface area contributed by atoms with Gasteiger partial charge in [0.15, 0.2) is 5.82 Å². The van der Waals surface area contributed by atoms with Gasteiger partial charge in [0.1, 0.15) is 10.7 Å². The fourth-order valence-corrected chi connectivity index (χ4v) is 2.50. The second-order valence-electron chi connectivity index (χ2n) is 4.86. The van der Waals surface area contributed by atoms with Gasteiger partial charge in [-0.3, -0.25) is 0 Å². The van der Waals surface area contributed by atoms with E-state index in [-0.39, 0.29) is 5.54 Å². The molecule has 0 radical (unpaired) electrons. The molecule has 1 fully saturated rings. The Morgan fingerprint density at radius 2 is 1.94 bits per heavy atom. The van der Waals surface area contributed by atoms with Crippen LogP contribution in [0.15, 0.2) is 12.4 Å². The van der Waals surface area contributed by atoms with Crippen LogP contribution in [0.3, 0.4) is 0 Å². The molecule has 92 valence electrons. The van der Waals surface area contributed by atoms with Crippen molar-refractivity contribution in [3.8, 4) is 0 Å². The van der Waals surface area contributed by atoms with Crippen molar-refractivity contribution in [1.29, 1.82) is 0 Å². The summed E-state index contributed by atoms with van der Waals surface area (Å²) in [5, 5.41) is 3.47. The number of rotatable bonds is 3. The molecule has 1 aliphatic rings. The van der Waals surface area contributed by atoms with Crippen LogP contribution in [-0.2, 0) is 0 Å². The molecule has 4 nitrogen and oxygen atoms in total. The lowest BCUT2D eigenvalue weighted by atomic mass is 9.83. The van der Waals surface area contributed by atoms with E-state index >= 15 is 0 Å². The standard InChI is InChI=1S/C12H18N4S/c1-12(5-3-2-4-6-12)16-11-9(10(13)17)14-7-8-15-11/h7-8H,2-6H2,1H3,(H2,13,17)(H,15,16). The van der Waals surface area contributed by atoms with E-state index in [2.05, 4.69) is 22.2 Å². The summed E-state index contributed by atoms with van der Waals surface area (Å²) in [6.07, 6.45) is 9.41. The SMILES string of the molecule is CC1(Nc2nccnc2C(N)=S)CCCCC1. The Morgan fingerprint density at radius 1 is 1.29 bits per heavy atom. The minimum Gasteiger partial charge on any atom is -0.388 e. The third-order valence-corrected chi connectivity index (χ3v) is 3.50. The monoisotopic (exact) mass is 250 g/mol. The van der Waals surface area contributed by atoms with Gasteiger partial charge in [0, 0.05) is 17.9 Å². The first-order valence-electron chi connectivity index (χ1n) is 6.00. The van der Waals surface area contributed by atoms with Gasteiger partial charge in [-0.1, -0.05) is 31.5 Å². The normalized spacial score (nSPS) is 18.6. The summed E-state index contributed by atoms with van der Waals surface area (Å²) >= 11 is 4.99. The Kier molecular flexibility index (Phi) is 3.57. The third kappa shape index (κ3) is 2.91. The first-order valence-corrected chi connectivity index (χ1v) is 6.41. The van der Waals surface area contributed by atoms with Crippen molar-refractivity contribution in [2.75, 3.05) is 5.32 Å². The van der Waals surface area contributed by atoms with Crippen LogP contribution in [0.1, 0.15) is 44.7 Å². The van der Waals surface area contributed by atoms with E-state index in [4.69, 9.17) is 18.0 Å². The fraction of sp³-hybridized carbons (Fsp3) is 0.583. The van der Waals surface area contributed by atoms with Gasteiger partial charge in [0.05, 0.1) is 0 Å². The summed E-state index contributed by atoms with van der Waals surface area (Å²) in [5.41, 5.74) is 6.33. The predicted molar refractivity (Wildman–Crippen MR) is 73.0 cm³/mol. The molecule has 0 saturated heterocycles. The van der Waals surface area contributed by atoms with E-state index in [1.54, 1.807) is 12.4 Å². The molecule has 1 aromatic heterocycles. The van der Waals surface area contributed by atoms with E-state index in [0.717, 1.165) is 12.8 Å². The number of nitrogens with zero attached hydrogens (tertiary/aromatic N) is 2. The summed E-state index contributed by atoms with van der Waals surface area (Å²) in [5.74, 6) is 0.712. The smallest absolute Gasteiger partial charge is 0.155 e. The minimum absolute atomic E-state index is 0.0911. The van der Waals surface area contributed by atoms with Crippen molar-refractivity contribution in [2.24, 2.45) is 5.73 Å². The van der Waals surface area contributed by atoms with E-state index in [1.807, 2.05) is 0 Å². The highest BCUT2D eigenvalue weighted by molar-refractivity contribution is 7.80. The number of hydrogen-bond acceptors (Lipinski definition) is 4. The lowest BCUT2D eigenvalue weighted by Gasteiger charge is -2.35. The van der Waals surface area contributed by atoms with Gasteiger partial charge in [0.25, 0.3) is 0 Å². The summed E-state index contributed by atoms with van der Waals surface area (Å²) in [6.45, 7) is 2.23. The van der Waals surface area contributed by atoms with E-state index in [0.29, 0.717) is 16.5 Å². The van der Waals surface area contributed by atoms with Crippen LogP contribution in [0.25, 0.3) is 0 Å². The zero-order valence-electron chi connectivity index (χ0n) is 10.1. The number of nitrogens with one attached hydrogen (secondary N) is 1. The van der Waals surface area contributed by atoms with Crippen molar-refractivity contribution < 1.29 is 0 Å². The Balaban J connectivity index is 2.20. The maximum Gasteiger partial charge on any atom is 0.155 e. The molecule has 17 heavy (non-hydrogen) atoms. The molecule has 0 aliphatic heterocycles. The van der Waals surface area contributed by atoms with Gasteiger partial charge in [-0.2, -0.15) is 0 Å². The van der Waals surface area contributed by atoms with Crippen LogP contribution >= 0.6 is 12.2 Å². The Morgan fingerprint density at radius 3 is 2.59 bits per heavy atom. The van der Waals surface area contributed by atoms with Gasteiger partial charge < -0.3 is 11.1 Å². The number of thiocarbonyl (C=S) groups is 1. The topological polar surface area (TPSA) is 63.8 Å². The van der Waals surface area contributed by atoms with Crippen LogP contribution < -0.4 is 11.1 Å². The highest BCUT2D eigenvalue weighted by atomic mass is 32.1. The molecule has 1 aliphatic carbocycles. The fourth-order valence-electron chi connectivity index (χ4n) is 2.35. The molecule has 0 spiro atoms. The van der Waals surface area contributed by atoms with Crippen molar-refractivity contribution in [3.63, 3.8) is 0 Å². The molecule has 1 heterocycles. The molecule has 3 N–H and O–H groups in total. The van der Waals surface area contributed by atoms with Crippen LogP contribution in [0.5, 0.6) is 0 Å².